The van der Waals surface area contributed by atoms with Crippen molar-refractivity contribution in [1.29, 1.82) is 0 Å². The molecule has 0 aromatic rings. The molecular weight excluding hydrogens is 253 g/mol. The van der Waals surface area contributed by atoms with Gasteiger partial charge in [-0.3, -0.25) is 0 Å². The van der Waals surface area contributed by atoms with E-state index in [1.165, 1.54) is 0 Å². The third-order valence-electron chi connectivity index (χ3n) is 5.09. The first-order valence-electron chi connectivity index (χ1n) is 6.79. The van der Waals surface area contributed by atoms with Gasteiger partial charge < -0.3 is 10.8 Å². The van der Waals surface area contributed by atoms with Crippen molar-refractivity contribution in [3.63, 3.8) is 0 Å². The molecule has 4 heteroatoms. The maximum Gasteiger partial charge on any atom is 0.199 e. The summed E-state index contributed by atoms with van der Waals surface area (Å²) >= 11 is 1.78. The van der Waals surface area contributed by atoms with Crippen LogP contribution < -0.4 is 5.73 Å². The van der Waals surface area contributed by atoms with Crippen LogP contribution in [0.5, 0.6) is 0 Å². The van der Waals surface area contributed by atoms with E-state index < -0.39 is 0 Å². The molecule has 0 aliphatic carbocycles. The number of aliphatic hydroxyl groups is 1. The first-order chi connectivity index (χ1) is 8.21. The van der Waals surface area contributed by atoms with Crippen LogP contribution in [0.3, 0.4) is 0 Å². The minimum absolute atomic E-state index is 0.0506. The maximum absolute atomic E-state index is 9.55. The Kier molecular flexibility index (Phi) is 5.70. The highest BCUT2D eigenvalue weighted by molar-refractivity contribution is 8.23. The molecule has 0 heterocycles. The van der Waals surface area contributed by atoms with Crippen LogP contribution in [-0.2, 0) is 0 Å². The van der Waals surface area contributed by atoms with E-state index in [1.54, 1.807) is 11.6 Å². The van der Waals surface area contributed by atoms with E-state index in [9.17, 15) is 5.11 Å². The fourth-order valence-electron chi connectivity index (χ4n) is 1.21. The van der Waals surface area contributed by atoms with Crippen LogP contribution in [0.15, 0.2) is 12.3 Å². The molecule has 0 atom stereocenters. The van der Waals surface area contributed by atoms with Crippen molar-refractivity contribution in [2.75, 3.05) is 6.61 Å². The zero-order chi connectivity index (χ0) is 15.7. The second-order valence-electron chi connectivity index (χ2n) is 7.66. The quantitative estimate of drug-likeness (QED) is 0.698. The lowest BCUT2D eigenvalue weighted by atomic mass is 9.54. The van der Waals surface area contributed by atoms with Gasteiger partial charge in [-0.1, -0.05) is 62.0 Å². The average molecular weight is 284 g/mol. The van der Waals surface area contributed by atoms with Gasteiger partial charge in [-0.25, -0.2) is 11.6 Å². The summed E-state index contributed by atoms with van der Waals surface area (Å²) in [4.78, 5) is 0. The normalized spacial score (nSPS) is 14.4. The van der Waals surface area contributed by atoms with Crippen molar-refractivity contribution in [3.05, 3.63) is 12.3 Å². The van der Waals surface area contributed by atoms with Crippen molar-refractivity contribution in [3.8, 4) is 0 Å². The Bertz CT molecular complexity index is 335. The van der Waals surface area contributed by atoms with Crippen LogP contribution in [0.4, 0.5) is 0 Å². The second-order valence-corrected chi connectivity index (χ2v) is 9.15. The van der Waals surface area contributed by atoms with Crippen molar-refractivity contribution in [2.24, 2.45) is 16.6 Å². The third kappa shape index (κ3) is 3.94. The van der Waals surface area contributed by atoms with Gasteiger partial charge in [0.25, 0.3) is 0 Å². The molecule has 0 rings (SSSR count). The number of hydrogen-bond donors (Lipinski definition) is 2. The van der Waals surface area contributed by atoms with E-state index in [-0.39, 0.29) is 27.5 Å². The van der Waals surface area contributed by atoms with Crippen LogP contribution in [0.25, 0.3) is 0 Å². The molecule has 0 unspecified atom stereocenters. The predicted molar refractivity (Wildman–Crippen MR) is 89.4 cm³/mol. The summed E-state index contributed by atoms with van der Waals surface area (Å²) in [7, 11) is 0. The summed E-state index contributed by atoms with van der Waals surface area (Å²) in [6, 6.07) is 0. The van der Waals surface area contributed by atoms with Crippen molar-refractivity contribution in [2.45, 2.75) is 65.5 Å². The zero-order valence-corrected chi connectivity index (χ0v) is 14.7. The van der Waals surface area contributed by atoms with E-state index >= 15 is 0 Å². The molecule has 111 valence electrons. The molecule has 0 amide bonds. The van der Waals surface area contributed by atoms with Gasteiger partial charge >= 0.3 is 0 Å². The SMILES string of the molecule is C=C(N)C(C)(C)C(C)(C)[B]SC(C)(C)C(C)(C)CO. The van der Waals surface area contributed by atoms with E-state index in [0.29, 0.717) is 5.70 Å². The molecule has 0 aliphatic rings. The van der Waals surface area contributed by atoms with Gasteiger partial charge in [0.15, 0.2) is 6.56 Å². The second kappa shape index (κ2) is 5.73. The molecule has 0 bridgehead atoms. The van der Waals surface area contributed by atoms with Gasteiger partial charge in [-0.2, -0.15) is 0 Å². The maximum atomic E-state index is 9.55. The van der Waals surface area contributed by atoms with Gasteiger partial charge in [-0.15, -0.1) is 0 Å². The summed E-state index contributed by atoms with van der Waals surface area (Å²) in [6.07, 6.45) is 0. The number of hydrogen-bond acceptors (Lipinski definition) is 3. The zero-order valence-electron chi connectivity index (χ0n) is 13.9. The van der Waals surface area contributed by atoms with Gasteiger partial charge in [0.2, 0.25) is 0 Å². The number of aliphatic hydroxyl groups excluding tert-OH is 1. The van der Waals surface area contributed by atoms with E-state index in [4.69, 9.17) is 5.73 Å². The van der Waals surface area contributed by atoms with Crippen LogP contribution in [0.2, 0.25) is 5.31 Å². The Balaban J connectivity index is 4.95. The lowest BCUT2D eigenvalue weighted by molar-refractivity contribution is 0.130. The molecule has 0 saturated carbocycles. The molecule has 0 aromatic heterocycles. The standard InChI is InChI=1S/C15H31BNOS/c1-11(17)13(4,5)14(6,7)16-19-15(8,9)12(2,3)10-18/h18H,1,10,17H2,2-9H3. The average Bonchev–Trinajstić information content (AvgIpc) is 2.26. The monoisotopic (exact) mass is 284 g/mol. The predicted octanol–water partition coefficient (Wildman–Crippen LogP) is 3.83. The van der Waals surface area contributed by atoms with Crippen molar-refractivity contribution < 1.29 is 5.11 Å². The minimum atomic E-state index is -0.167. The van der Waals surface area contributed by atoms with E-state index in [2.05, 4.69) is 68.5 Å². The molecule has 0 aliphatic heterocycles. The summed E-state index contributed by atoms with van der Waals surface area (Å²) in [5.41, 5.74) is 6.33. The molecule has 3 N–H and O–H groups in total. The summed E-state index contributed by atoms with van der Waals surface area (Å²) in [6.45, 7) is 23.5. The Morgan fingerprint density at radius 2 is 1.53 bits per heavy atom. The molecule has 2 nitrogen and oxygen atoms in total. The largest absolute Gasteiger partial charge is 0.402 e. The van der Waals surface area contributed by atoms with Crippen LogP contribution in [0.1, 0.15) is 55.4 Å². The van der Waals surface area contributed by atoms with Crippen molar-refractivity contribution >= 4 is 18.2 Å². The fraction of sp³-hybridized carbons (Fsp3) is 0.867. The Morgan fingerprint density at radius 3 is 1.84 bits per heavy atom. The topological polar surface area (TPSA) is 46.2 Å². The summed E-state index contributed by atoms with van der Waals surface area (Å²) in [5, 5.41) is 9.47. The Hall–Kier alpha value is -0.0851. The van der Waals surface area contributed by atoms with Gasteiger partial charge in [-0.05, 0) is 5.31 Å². The lowest BCUT2D eigenvalue weighted by Gasteiger charge is -2.46. The van der Waals surface area contributed by atoms with Gasteiger partial charge in [0, 0.05) is 27.9 Å². The third-order valence-corrected chi connectivity index (χ3v) is 6.94. The fourth-order valence-corrected chi connectivity index (χ4v) is 2.47. The molecular formula is C15H31BNOS. The Morgan fingerprint density at radius 1 is 1.11 bits per heavy atom. The molecule has 0 fully saturated rings. The van der Waals surface area contributed by atoms with E-state index in [0.717, 1.165) is 0 Å². The molecule has 0 saturated heterocycles. The lowest BCUT2D eigenvalue weighted by Crippen LogP contribution is -2.42. The van der Waals surface area contributed by atoms with Gasteiger partial charge in [0.1, 0.15) is 0 Å². The summed E-state index contributed by atoms with van der Waals surface area (Å²) in [5.74, 6) is 0. The van der Waals surface area contributed by atoms with Crippen LogP contribution >= 0.6 is 11.6 Å². The molecule has 0 aromatic carbocycles. The molecule has 1 radical (unpaired) electrons. The Labute approximate surface area is 124 Å². The van der Waals surface area contributed by atoms with Crippen LogP contribution in [-0.4, -0.2) is 23.0 Å². The summed E-state index contributed by atoms with van der Waals surface area (Å²) < 4.78 is -0.0506. The highest BCUT2D eigenvalue weighted by atomic mass is 32.2. The smallest absolute Gasteiger partial charge is 0.199 e. The first-order valence-corrected chi connectivity index (χ1v) is 7.67. The molecule has 19 heavy (non-hydrogen) atoms. The molecule has 0 spiro atoms. The first kappa shape index (κ1) is 18.9. The van der Waals surface area contributed by atoms with Gasteiger partial charge in [0.05, 0.1) is 0 Å². The highest BCUT2D eigenvalue weighted by Gasteiger charge is 2.43. The van der Waals surface area contributed by atoms with Crippen LogP contribution in [0, 0.1) is 10.8 Å². The van der Waals surface area contributed by atoms with E-state index in [1.807, 2.05) is 0 Å². The van der Waals surface area contributed by atoms with Crippen molar-refractivity contribution in [1.82, 2.24) is 0 Å². The highest BCUT2D eigenvalue weighted by Crippen LogP contribution is 2.52. The number of rotatable bonds is 7. The minimum Gasteiger partial charge on any atom is -0.402 e. The number of allylic oxidation sites excluding steroid dienone is 1. The number of nitrogens with two attached hydrogens (primary N) is 1.